The second-order valence-electron chi connectivity index (χ2n) is 3.94. The Morgan fingerprint density at radius 2 is 1.94 bits per heavy atom. The number of aromatic nitrogens is 2. The van der Waals surface area contributed by atoms with Crippen molar-refractivity contribution in [3.63, 3.8) is 0 Å². The monoisotopic (exact) mass is 263 g/mol. The summed E-state index contributed by atoms with van der Waals surface area (Å²) in [5.74, 6) is 0. The van der Waals surface area contributed by atoms with E-state index >= 15 is 0 Å². The average molecular weight is 263 g/mol. The molecule has 3 rings (SSSR count). The fourth-order valence-electron chi connectivity index (χ4n) is 2.09. The molecule has 1 aliphatic rings. The summed E-state index contributed by atoms with van der Waals surface area (Å²) in [6.07, 6.45) is 1.17. The van der Waals surface area contributed by atoms with Crippen LogP contribution in [0.5, 0.6) is 0 Å². The number of anilines is 2. The van der Waals surface area contributed by atoms with Gasteiger partial charge < -0.3 is 4.90 Å². The van der Waals surface area contributed by atoms with Gasteiger partial charge in [-0.05, 0) is 12.1 Å². The second-order valence-corrected chi connectivity index (χ2v) is 5.83. The molecule has 18 heavy (non-hydrogen) atoms. The summed E-state index contributed by atoms with van der Waals surface area (Å²) >= 11 is 0. The SMILES string of the molecule is CN1c2ccccc2S(=O)(=O)c2cn[nH]c(=O)c21. The van der Waals surface area contributed by atoms with Crippen molar-refractivity contribution in [2.75, 3.05) is 11.9 Å². The van der Waals surface area contributed by atoms with Crippen molar-refractivity contribution in [2.24, 2.45) is 0 Å². The van der Waals surface area contributed by atoms with Gasteiger partial charge in [-0.3, -0.25) is 4.79 Å². The van der Waals surface area contributed by atoms with Crippen molar-refractivity contribution in [1.29, 1.82) is 0 Å². The smallest absolute Gasteiger partial charge is 0.289 e. The highest BCUT2D eigenvalue weighted by Gasteiger charge is 2.34. The number of H-pyrrole nitrogens is 1. The van der Waals surface area contributed by atoms with Gasteiger partial charge in [0.2, 0.25) is 9.84 Å². The summed E-state index contributed by atoms with van der Waals surface area (Å²) < 4.78 is 24.7. The first-order chi connectivity index (χ1) is 8.53. The molecule has 1 aliphatic heterocycles. The number of nitrogens with zero attached hydrogens (tertiary/aromatic N) is 2. The van der Waals surface area contributed by atoms with E-state index in [-0.39, 0.29) is 15.5 Å². The van der Waals surface area contributed by atoms with E-state index in [1.54, 1.807) is 30.1 Å². The maximum absolute atomic E-state index is 12.4. The number of sulfone groups is 1. The molecule has 7 heteroatoms. The first-order valence-corrected chi connectivity index (χ1v) is 6.67. The van der Waals surface area contributed by atoms with Crippen molar-refractivity contribution in [1.82, 2.24) is 10.2 Å². The van der Waals surface area contributed by atoms with Crippen LogP contribution in [0.1, 0.15) is 0 Å². The van der Waals surface area contributed by atoms with Crippen molar-refractivity contribution in [2.45, 2.75) is 9.79 Å². The molecule has 92 valence electrons. The van der Waals surface area contributed by atoms with Gasteiger partial charge in [0.05, 0.1) is 16.8 Å². The third-order valence-electron chi connectivity index (χ3n) is 2.94. The summed E-state index contributed by atoms with van der Waals surface area (Å²) in [6, 6.07) is 6.56. The van der Waals surface area contributed by atoms with E-state index in [0.717, 1.165) is 0 Å². The Kier molecular flexibility index (Phi) is 2.09. The Bertz CT molecular complexity index is 795. The molecule has 0 bridgehead atoms. The van der Waals surface area contributed by atoms with E-state index in [1.165, 1.54) is 12.3 Å². The maximum Gasteiger partial charge on any atom is 0.289 e. The van der Waals surface area contributed by atoms with Crippen molar-refractivity contribution in [3.05, 3.63) is 40.8 Å². The van der Waals surface area contributed by atoms with Gasteiger partial charge in [0.15, 0.2) is 0 Å². The third kappa shape index (κ3) is 1.25. The van der Waals surface area contributed by atoms with Gasteiger partial charge in [0.25, 0.3) is 5.56 Å². The number of fused-ring (bicyclic) bond motifs is 2. The molecule has 6 nitrogen and oxygen atoms in total. The molecule has 0 unspecified atom stereocenters. The number of benzene rings is 1. The Morgan fingerprint density at radius 3 is 2.72 bits per heavy atom. The molecular formula is C11H9N3O3S. The molecule has 0 saturated heterocycles. The van der Waals surface area contributed by atoms with Gasteiger partial charge in [-0.1, -0.05) is 12.1 Å². The minimum atomic E-state index is -3.68. The molecule has 2 heterocycles. The molecule has 0 saturated carbocycles. The second kappa shape index (κ2) is 3.42. The van der Waals surface area contributed by atoms with E-state index in [2.05, 4.69) is 10.2 Å². The van der Waals surface area contributed by atoms with Crippen LogP contribution in [0.25, 0.3) is 0 Å². The number of nitrogens with one attached hydrogen (secondary N) is 1. The quantitative estimate of drug-likeness (QED) is 0.755. The highest BCUT2D eigenvalue weighted by Crippen LogP contribution is 2.40. The number of hydrogen-bond donors (Lipinski definition) is 1. The van der Waals surface area contributed by atoms with Gasteiger partial charge in [-0.15, -0.1) is 0 Å². The van der Waals surface area contributed by atoms with Gasteiger partial charge in [0, 0.05) is 7.05 Å². The van der Waals surface area contributed by atoms with E-state index in [4.69, 9.17) is 0 Å². The van der Waals surface area contributed by atoms with Crippen LogP contribution in [0.2, 0.25) is 0 Å². The molecule has 1 N–H and O–H groups in total. The maximum atomic E-state index is 12.4. The Labute approximate surface area is 103 Å². The minimum Gasteiger partial charge on any atom is -0.338 e. The van der Waals surface area contributed by atoms with Crippen LogP contribution in [-0.4, -0.2) is 25.7 Å². The molecule has 1 aromatic heterocycles. The van der Waals surface area contributed by atoms with E-state index in [0.29, 0.717) is 5.69 Å². The van der Waals surface area contributed by atoms with Crippen LogP contribution in [0.15, 0.2) is 45.0 Å². The zero-order valence-corrected chi connectivity index (χ0v) is 10.2. The van der Waals surface area contributed by atoms with Crippen molar-refractivity contribution < 1.29 is 8.42 Å². The summed E-state index contributed by atoms with van der Waals surface area (Å²) in [4.78, 5) is 13.4. The molecule has 0 atom stereocenters. The number of para-hydroxylation sites is 1. The standard InChI is InChI=1S/C11H9N3O3S/c1-14-7-4-2-3-5-8(7)18(16,17)9-6-12-13-11(15)10(9)14/h2-6H,1H3,(H,13,15). The van der Waals surface area contributed by atoms with Crippen LogP contribution in [0.4, 0.5) is 11.4 Å². The topological polar surface area (TPSA) is 83.1 Å². The van der Waals surface area contributed by atoms with E-state index < -0.39 is 15.4 Å². The molecule has 0 radical (unpaired) electrons. The normalized spacial score (nSPS) is 15.9. The predicted molar refractivity (Wildman–Crippen MR) is 64.8 cm³/mol. The van der Waals surface area contributed by atoms with Gasteiger partial charge >= 0.3 is 0 Å². The zero-order chi connectivity index (χ0) is 12.9. The van der Waals surface area contributed by atoms with Gasteiger partial charge in [-0.2, -0.15) is 5.10 Å². The molecule has 1 aromatic carbocycles. The lowest BCUT2D eigenvalue weighted by Crippen LogP contribution is -2.29. The fourth-order valence-corrected chi connectivity index (χ4v) is 3.74. The summed E-state index contributed by atoms with van der Waals surface area (Å²) in [5.41, 5.74) is 0.0680. The lowest BCUT2D eigenvalue weighted by molar-refractivity contribution is 0.593. The zero-order valence-electron chi connectivity index (χ0n) is 9.41. The van der Waals surface area contributed by atoms with Gasteiger partial charge in [0.1, 0.15) is 10.6 Å². The predicted octanol–water partition coefficient (Wildman–Crippen LogP) is 0.684. The molecule has 2 aromatic rings. The fraction of sp³-hybridized carbons (Fsp3) is 0.0909. The molecule has 0 aliphatic carbocycles. The third-order valence-corrected chi connectivity index (χ3v) is 4.74. The van der Waals surface area contributed by atoms with Crippen LogP contribution >= 0.6 is 0 Å². The molecule has 0 fully saturated rings. The largest absolute Gasteiger partial charge is 0.338 e. The first-order valence-electron chi connectivity index (χ1n) is 5.19. The van der Waals surface area contributed by atoms with Crippen molar-refractivity contribution >= 4 is 21.2 Å². The lowest BCUT2D eigenvalue weighted by Gasteiger charge is -2.27. The Hall–Kier alpha value is -2.15. The summed E-state index contributed by atoms with van der Waals surface area (Å²) in [7, 11) is -2.03. The van der Waals surface area contributed by atoms with E-state index in [1.807, 2.05) is 0 Å². The van der Waals surface area contributed by atoms with Gasteiger partial charge in [-0.25, -0.2) is 13.5 Å². The number of rotatable bonds is 0. The lowest BCUT2D eigenvalue weighted by atomic mass is 10.2. The van der Waals surface area contributed by atoms with Crippen molar-refractivity contribution in [3.8, 4) is 0 Å². The summed E-state index contributed by atoms with van der Waals surface area (Å²) in [6.45, 7) is 0. The minimum absolute atomic E-state index is 0.0625. The van der Waals surface area contributed by atoms with Crippen LogP contribution in [0.3, 0.4) is 0 Å². The average Bonchev–Trinajstić information content (AvgIpc) is 2.36. The highest BCUT2D eigenvalue weighted by atomic mass is 32.2. The molecular weight excluding hydrogens is 254 g/mol. The van der Waals surface area contributed by atoms with Crippen LogP contribution in [-0.2, 0) is 9.84 Å². The molecule has 0 amide bonds. The summed E-state index contributed by atoms with van der Waals surface area (Å²) in [5, 5.41) is 5.80. The first kappa shape index (κ1) is 11.0. The Balaban J connectivity index is 2.49. The number of hydrogen-bond acceptors (Lipinski definition) is 5. The van der Waals surface area contributed by atoms with E-state index in [9.17, 15) is 13.2 Å². The molecule has 0 spiro atoms. The van der Waals surface area contributed by atoms with Crippen LogP contribution < -0.4 is 10.5 Å². The Morgan fingerprint density at radius 1 is 1.22 bits per heavy atom. The number of aromatic amines is 1. The highest BCUT2D eigenvalue weighted by molar-refractivity contribution is 7.92. The van der Waals surface area contributed by atoms with Crippen LogP contribution in [0, 0.1) is 0 Å².